The standard InChI is InChI=1S/C19H20N4O2/c1-3-24-18-20-17(21-19(22-18)25-4-2)23(15-11-7-5-8-12-15)16-13-9-6-10-14-16/h5-14H,3-4H2,1-2H3. The number of benzene rings is 2. The molecule has 0 bridgehead atoms. The quantitative estimate of drug-likeness (QED) is 0.646. The van der Waals surface area contributed by atoms with Crippen LogP contribution in [0.3, 0.4) is 0 Å². The number of ether oxygens (including phenoxy) is 2. The van der Waals surface area contributed by atoms with Crippen molar-refractivity contribution in [3.8, 4) is 12.0 Å². The summed E-state index contributed by atoms with van der Waals surface area (Å²) >= 11 is 0. The van der Waals surface area contributed by atoms with Crippen LogP contribution in [0.25, 0.3) is 0 Å². The fourth-order valence-electron chi connectivity index (χ4n) is 2.35. The number of anilines is 3. The third-order valence-corrected chi connectivity index (χ3v) is 3.36. The van der Waals surface area contributed by atoms with Gasteiger partial charge in [0.25, 0.3) is 0 Å². The molecule has 0 fully saturated rings. The number of hydrogen-bond donors (Lipinski definition) is 0. The Bertz CT molecular complexity index is 733. The summed E-state index contributed by atoms with van der Waals surface area (Å²) in [5.41, 5.74) is 1.87. The Morgan fingerprint density at radius 2 is 1.12 bits per heavy atom. The Morgan fingerprint density at radius 1 is 0.680 bits per heavy atom. The van der Waals surface area contributed by atoms with Gasteiger partial charge >= 0.3 is 12.0 Å². The van der Waals surface area contributed by atoms with Gasteiger partial charge < -0.3 is 9.47 Å². The molecule has 0 aliphatic heterocycles. The number of rotatable bonds is 7. The molecular weight excluding hydrogens is 316 g/mol. The summed E-state index contributed by atoms with van der Waals surface area (Å²) in [5, 5.41) is 0. The molecule has 0 spiro atoms. The molecule has 25 heavy (non-hydrogen) atoms. The van der Waals surface area contributed by atoms with Crippen LogP contribution in [0.5, 0.6) is 12.0 Å². The Balaban J connectivity index is 2.12. The minimum atomic E-state index is 0.243. The van der Waals surface area contributed by atoms with Gasteiger partial charge in [-0.2, -0.15) is 9.97 Å². The van der Waals surface area contributed by atoms with Crippen molar-refractivity contribution in [3.05, 3.63) is 60.7 Å². The number of aromatic nitrogens is 3. The molecule has 6 heteroatoms. The van der Waals surface area contributed by atoms with E-state index in [0.29, 0.717) is 19.2 Å². The lowest BCUT2D eigenvalue weighted by Crippen LogP contribution is -2.15. The lowest BCUT2D eigenvalue weighted by atomic mass is 10.2. The Kier molecular flexibility index (Phi) is 5.41. The Labute approximate surface area is 147 Å². The first-order chi connectivity index (χ1) is 12.3. The molecule has 0 N–H and O–H groups in total. The largest absolute Gasteiger partial charge is 0.464 e. The summed E-state index contributed by atoms with van der Waals surface area (Å²) in [6, 6.07) is 20.3. The molecule has 0 saturated carbocycles. The summed E-state index contributed by atoms with van der Waals surface area (Å²) < 4.78 is 11.0. The van der Waals surface area contributed by atoms with Gasteiger partial charge in [0.15, 0.2) is 0 Å². The number of hydrogen-bond acceptors (Lipinski definition) is 6. The van der Waals surface area contributed by atoms with Crippen LogP contribution >= 0.6 is 0 Å². The first-order valence-electron chi connectivity index (χ1n) is 8.23. The highest BCUT2D eigenvalue weighted by Gasteiger charge is 2.18. The molecule has 2 aromatic carbocycles. The van der Waals surface area contributed by atoms with Crippen LogP contribution in [0.4, 0.5) is 17.3 Å². The molecule has 3 aromatic rings. The lowest BCUT2D eigenvalue weighted by Gasteiger charge is -2.23. The van der Waals surface area contributed by atoms with Gasteiger partial charge in [0.1, 0.15) is 0 Å². The monoisotopic (exact) mass is 336 g/mol. The van der Waals surface area contributed by atoms with Crippen LogP contribution in [0.2, 0.25) is 0 Å². The molecule has 0 aliphatic rings. The molecule has 6 nitrogen and oxygen atoms in total. The molecular formula is C19H20N4O2. The molecule has 0 radical (unpaired) electrons. The predicted molar refractivity (Wildman–Crippen MR) is 96.8 cm³/mol. The van der Waals surface area contributed by atoms with Crippen molar-refractivity contribution in [1.82, 2.24) is 15.0 Å². The first-order valence-corrected chi connectivity index (χ1v) is 8.23. The molecule has 0 unspecified atom stereocenters. The summed E-state index contributed by atoms with van der Waals surface area (Å²) in [6.45, 7) is 4.70. The highest BCUT2D eigenvalue weighted by atomic mass is 16.5. The van der Waals surface area contributed by atoms with Gasteiger partial charge in [0.2, 0.25) is 5.95 Å². The maximum Gasteiger partial charge on any atom is 0.324 e. The van der Waals surface area contributed by atoms with E-state index in [4.69, 9.17) is 9.47 Å². The highest BCUT2D eigenvalue weighted by Crippen LogP contribution is 2.32. The highest BCUT2D eigenvalue weighted by molar-refractivity contribution is 5.72. The van der Waals surface area contributed by atoms with Crippen LogP contribution < -0.4 is 14.4 Å². The van der Waals surface area contributed by atoms with Crippen molar-refractivity contribution in [2.24, 2.45) is 0 Å². The van der Waals surface area contributed by atoms with E-state index in [1.54, 1.807) is 0 Å². The summed E-state index contributed by atoms with van der Waals surface area (Å²) in [7, 11) is 0. The zero-order valence-electron chi connectivity index (χ0n) is 14.3. The van der Waals surface area contributed by atoms with Crippen molar-refractivity contribution in [2.45, 2.75) is 13.8 Å². The van der Waals surface area contributed by atoms with E-state index in [-0.39, 0.29) is 12.0 Å². The average molecular weight is 336 g/mol. The van der Waals surface area contributed by atoms with Gasteiger partial charge in [-0.1, -0.05) is 36.4 Å². The number of para-hydroxylation sites is 2. The molecule has 1 heterocycles. The van der Waals surface area contributed by atoms with E-state index in [2.05, 4.69) is 15.0 Å². The smallest absolute Gasteiger partial charge is 0.324 e. The minimum Gasteiger partial charge on any atom is -0.464 e. The second-order valence-corrected chi connectivity index (χ2v) is 5.07. The van der Waals surface area contributed by atoms with E-state index < -0.39 is 0 Å². The maximum absolute atomic E-state index is 5.49. The second kappa shape index (κ2) is 8.10. The van der Waals surface area contributed by atoms with Crippen LogP contribution in [0.1, 0.15) is 13.8 Å². The van der Waals surface area contributed by atoms with Crippen molar-refractivity contribution >= 4 is 17.3 Å². The second-order valence-electron chi connectivity index (χ2n) is 5.07. The topological polar surface area (TPSA) is 60.4 Å². The minimum absolute atomic E-state index is 0.243. The van der Waals surface area contributed by atoms with Crippen molar-refractivity contribution < 1.29 is 9.47 Å². The van der Waals surface area contributed by atoms with E-state index in [1.807, 2.05) is 79.4 Å². The van der Waals surface area contributed by atoms with Gasteiger partial charge in [0, 0.05) is 11.4 Å². The molecule has 3 rings (SSSR count). The van der Waals surface area contributed by atoms with Crippen LogP contribution in [-0.2, 0) is 0 Å². The maximum atomic E-state index is 5.49. The van der Waals surface area contributed by atoms with E-state index in [9.17, 15) is 0 Å². The Morgan fingerprint density at radius 3 is 1.52 bits per heavy atom. The van der Waals surface area contributed by atoms with Gasteiger partial charge in [0.05, 0.1) is 13.2 Å². The lowest BCUT2D eigenvalue weighted by molar-refractivity contribution is 0.280. The fraction of sp³-hybridized carbons (Fsp3) is 0.211. The molecule has 128 valence electrons. The van der Waals surface area contributed by atoms with Gasteiger partial charge in [-0.05, 0) is 38.1 Å². The normalized spacial score (nSPS) is 10.3. The zero-order chi connectivity index (χ0) is 17.5. The van der Waals surface area contributed by atoms with Gasteiger partial charge in [-0.25, -0.2) is 0 Å². The molecule has 0 saturated heterocycles. The molecule has 0 atom stereocenters. The average Bonchev–Trinajstić information content (AvgIpc) is 2.64. The zero-order valence-corrected chi connectivity index (χ0v) is 14.3. The van der Waals surface area contributed by atoms with E-state index in [1.165, 1.54) is 0 Å². The third kappa shape index (κ3) is 4.03. The van der Waals surface area contributed by atoms with Crippen molar-refractivity contribution in [3.63, 3.8) is 0 Å². The fourth-order valence-corrected chi connectivity index (χ4v) is 2.35. The van der Waals surface area contributed by atoms with E-state index >= 15 is 0 Å². The van der Waals surface area contributed by atoms with E-state index in [0.717, 1.165) is 11.4 Å². The van der Waals surface area contributed by atoms with Crippen molar-refractivity contribution in [1.29, 1.82) is 0 Å². The summed E-state index contributed by atoms with van der Waals surface area (Å²) in [6.07, 6.45) is 0. The van der Waals surface area contributed by atoms with Crippen LogP contribution in [0, 0.1) is 0 Å². The number of nitrogens with zero attached hydrogens (tertiary/aromatic N) is 4. The van der Waals surface area contributed by atoms with Crippen LogP contribution in [0.15, 0.2) is 60.7 Å². The van der Waals surface area contributed by atoms with Crippen molar-refractivity contribution in [2.75, 3.05) is 18.1 Å². The first kappa shape index (κ1) is 16.7. The van der Waals surface area contributed by atoms with Gasteiger partial charge in [-0.15, -0.1) is 4.98 Å². The molecule has 0 aliphatic carbocycles. The van der Waals surface area contributed by atoms with Crippen LogP contribution in [-0.4, -0.2) is 28.2 Å². The van der Waals surface area contributed by atoms with Gasteiger partial charge in [-0.3, -0.25) is 4.90 Å². The SMILES string of the molecule is CCOc1nc(OCC)nc(N(c2ccccc2)c2ccccc2)n1. The predicted octanol–water partition coefficient (Wildman–Crippen LogP) is 4.14. The summed E-state index contributed by atoms with van der Waals surface area (Å²) in [4.78, 5) is 15.0. The Hall–Kier alpha value is -3.15. The molecule has 1 aromatic heterocycles. The summed E-state index contributed by atoms with van der Waals surface area (Å²) in [5.74, 6) is 0.444. The third-order valence-electron chi connectivity index (χ3n) is 3.36. The molecule has 0 amide bonds.